The Morgan fingerprint density at radius 3 is 2.30 bits per heavy atom. The fourth-order valence-corrected chi connectivity index (χ4v) is 3.52. The molecule has 3 heteroatoms. The number of nitrogens with one attached hydrogen (secondary N) is 1. The van der Waals surface area contributed by atoms with Crippen LogP contribution in [0.15, 0.2) is 42.5 Å². The first-order valence-electron chi connectivity index (χ1n) is 6.95. The maximum atomic E-state index is 6.07. The van der Waals surface area contributed by atoms with Crippen LogP contribution < -0.4 is 5.32 Å². The summed E-state index contributed by atoms with van der Waals surface area (Å²) < 4.78 is 0. The molecule has 0 bridgehead atoms. The van der Waals surface area contributed by atoms with Gasteiger partial charge in [-0.3, -0.25) is 0 Å². The van der Waals surface area contributed by atoms with Crippen molar-refractivity contribution in [2.75, 3.05) is 5.32 Å². The van der Waals surface area contributed by atoms with Crippen LogP contribution in [-0.4, -0.2) is 0 Å². The van der Waals surface area contributed by atoms with Crippen LogP contribution in [0.2, 0.25) is 10.0 Å². The first-order valence-corrected chi connectivity index (χ1v) is 7.70. The first-order chi connectivity index (χ1) is 9.63. The van der Waals surface area contributed by atoms with Gasteiger partial charge in [0.2, 0.25) is 0 Å². The summed E-state index contributed by atoms with van der Waals surface area (Å²) in [6.45, 7) is 2.30. The Balaban J connectivity index is 1.90. The number of hydrogen-bond acceptors (Lipinski definition) is 1. The lowest BCUT2D eigenvalue weighted by molar-refractivity contribution is 0.534. The third-order valence-electron chi connectivity index (χ3n) is 3.99. The Labute approximate surface area is 129 Å². The molecule has 0 amide bonds. The largest absolute Gasteiger partial charge is 0.378 e. The van der Waals surface area contributed by atoms with Crippen molar-refractivity contribution in [3.05, 3.63) is 63.6 Å². The number of benzene rings is 2. The van der Waals surface area contributed by atoms with Crippen LogP contribution in [0.3, 0.4) is 0 Å². The van der Waals surface area contributed by atoms with Crippen molar-refractivity contribution in [1.29, 1.82) is 0 Å². The minimum absolute atomic E-state index is 0.330. The molecule has 2 aromatic carbocycles. The molecule has 0 spiro atoms. The van der Waals surface area contributed by atoms with E-state index in [0.29, 0.717) is 22.0 Å². The Kier molecular flexibility index (Phi) is 3.91. The molecule has 0 fully saturated rings. The fourth-order valence-electron chi connectivity index (χ4n) is 2.99. The van der Waals surface area contributed by atoms with E-state index < -0.39 is 0 Å². The van der Waals surface area contributed by atoms with E-state index in [-0.39, 0.29) is 0 Å². The summed E-state index contributed by atoms with van der Waals surface area (Å²) in [5.41, 5.74) is 3.82. The van der Waals surface area contributed by atoms with E-state index >= 15 is 0 Å². The van der Waals surface area contributed by atoms with Crippen molar-refractivity contribution in [3.8, 4) is 0 Å². The van der Waals surface area contributed by atoms with Gasteiger partial charge in [-0.2, -0.15) is 0 Å². The van der Waals surface area contributed by atoms with E-state index in [1.54, 1.807) is 6.07 Å². The Hall–Kier alpha value is -1.18. The lowest BCUT2D eigenvalue weighted by Gasteiger charge is -2.31. The molecular formula is C17H17Cl2N. The summed E-state index contributed by atoms with van der Waals surface area (Å²) in [4.78, 5) is 0. The molecule has 0 saturated heterocycles. The molecule has 1 aliphatic rings. The van der Waals surface area contributed by atoms with Gasteiger partial charge < -0.3 is 5.32 Å². The van der Waals surface area contributed by atoms with Crippen LogP contribution in [0.25, 0.3) is 0 Å². The van der Waals surface area contributed by atoms with Crippen LogP contribution >= 0.6 is 23.2 Å². The maximum absolute atomic E-state index is 6.07. The van der Waals surface area contributed by atoms with E-state index in [1.807, 2.05) is 12.1 Å². The molecular weight excluding hydrogens is 289 g/mol. The van der Waals surface area contributed by atoms with Crippen LogP contribution in [0.5, 0.6) is 0 Å². The highest BCUT2D eigenvalue weighted by Gasteiger charge is 2.24. The number of rotatable bonds is 2. The topological polar surface area (TPSA) is 12.0 Å². The standard InChI is InChI=1S/C17H17Cl2N/c1-11-6-7-17(16-5-3-2-4-15(11)16)20-14-9-12(18)8-13(19)10-14/h2-5,8-11,17,20H,6-7H2,1H3. The summed E-state index contributed by atoms with van der Waals surface area (Å²) in [5, 5.41) is 4.90. The van der Waals surface area contributed by atoms with E-state index in [2.05, 4.69) is 36.5 Å². The molecule has 0 aliphatic heterocycles. The Morgan fingerprint density at radius 1 is 0.950 bits per heavy atom. The van der Waals surface area contributed by atoms with Crippen molar-refractivity contribution in [3.63, 3.8) is 0 Å². The molecule has 3 rings (SSSR count). The van der Waals surface area contributed by atoms with Crippen molar-refractivity contribution in [1.82, 2.24) is 0 Å². The zero-order valence-corrected chi connectivity index (χ0v) is 12.9. The van der Waals surface area contributed by atoms with Crippen molar-refractivity contribution >= 4 is 28.9 Å². The van der Waals surface area contributed by atoms with E-state index in [4.69, 9.17) is 23.2 Å². The lowest BCUT2D eigenvalue weighted by Crippen LogP contribution is -2.19. The summed E-state index contributed by atoms with van der Waals surface area (Å²) in [6, 6.07) is 14.6. The zero-order valence-electron chi connectivity index (χ0n) is 11.4. The second-order valence-corrected chi connectivity index (χ2v) is 6.34. The molecule has 2 atom stereocenters. The van der Waals surface area contributed by atoms with Gasteiger partial charge in [0.15, 0.2) is 0 Å². The third kappa shape index (κ3) is 2.79. The van der Waals surface area contributed by atoms with Gasteiger partial charge in [0, 0.05) is 15.7 Å². The van der Waals surface area contributed by atoms with Crippen molar-refractivity contribution in [2.45, 2.75) is 31.7 Å². The molecule has 104 valence electrons. The Morgan fingerprint density at radius 2 is 1.60 bits per heavy atom. The molecule has 1 N–H and O–H groups in total. The van der Waals surface area contributed by atoms with Crippen LogP contribution in [-0.2, 0) is 0 Å². The summed E-state index contributed by atoms with van der Waals surface area (Å²) in [6.07, 6.45) is 2.32. The van der Waals surface area contributed by atoms with Crippen LogP contribution in [0.4, 0.5) is 5.69 Å². The molecule has 0 heterocycles. The predicted molar refractivity (Wildman–Crippen MR) is 86.9 cm³/mol. The molecule has 1 aliphatic carbocycles. The smallest absolute Gasteiger partial charge is 0.0516 e. The van der Waals surface area contributed by atoms with Gasteiger partial charge in [-0.1, -0.05) is 54.4 Å². The fraction of sp³-hybridized carbons (Fsp3) is 0.294. The highest BCUT2D eigenvalue weighted by molar-refractivity contribution is 6.35. The maximum Gasteiger partial charge on any atom is 0.0516 e. The molecule has 2 unspecified atom stereocenters. The van der Waals surface area contributed by atoms with Crippen LogP contribution in [0, 0.1) is 0 Å². The highest BCUT2D eigenvalue weighted by Crippen LogP contribution is 2.39. The molecule has 0 radical (unpaired) electrons. The monoisotopic (exact) mass is 305 g/mol. The first kappa shape index (κ1) is 13.8. The van der Waals surface area contributed by atoms with Crippen molar-refractivity contribution in [2.24, 2.45) is 0 Å². The average molecular weight is 306 g/mol. The second kappa shape index (κ2) is 5.67. The second-order valence-electron chi connectivity index (χ2n) is 5.46. The van der Waals surface area contributed by atoms with Gasteiger partial charge in [-0.15, -0.1) is 0 Å². The van der Waals surface area contributed by atoms with E-state index in [9.17, 15) is 0 Å². The number of hydrogen-bond donors (Lipinski definition) is 1. The number of fused-ring (bicyclic) bond motifs is 1. The van der Waals surface area contributed by atoms with Gasteiger partial charge in [0.1, 0.15) is 0 Å². The van der Waals surface area contributed by atoms with Gasteiger partial charge in [0.25, 0.3) is 0 Å². The van der Waals surface area contributed by atoms with Crippen molar-refractivity contribution < 1.29 is 0 Å². The molecule has 2 aromatic rings. The van der Waals surface area contributed by atoms with E-state index in [0.717, 1.165) is 12.1 Å². The summed E-state index contributed by atoms with van der Waals surface area (Å²) in [5.74, 6) is 0.632. The minimum Gasteiger partial charge on any atom is -0.378 e. The van der Waals surface area contributed by atoms with Gasteiger partial charge >= 0.3 is 0 Å². The van der Waals surface area contributed by atoms with Crippen LogP contribution in [0.1, 0.15) is 42.9 Å². The van der Waals surface area contributed by atoms with E-state index in [1.165, 1.54) is 17.5 Å². The number of anilines is 1. The quantitative estimate of drug-likeness (QED) is 0.712. The normalized spacial score (nSPS) is 21.4. The molecule has 0 saturated carbocycles. The summed E-state index contributed by atoms with van der Waals surface area (Å²) in [7, 11) is 0. The Bertz CT molecular complexity index is 604. The number of halogens is 2. The minimum atomic E-state index is 0.330. The zero-order chi connectivity index (χ0) is 14.1. The molecule has 1 nitrogen and oxygen atoms in total. The predicted octanol–water partition coefficient (Wildman–Crippen LogP) is 6.04. The molecule has 20 heavy (non-hydrogen) atoms. The lowest BCUT2D eigenvalue weighted by atomic mass is 9.81. The summed E-state index contributed by atoms with van der Waals surface area (Å²) >= 11 is 12.1. The van der Waals surface area contributed by atoms with Gasteiger partial charge in [0.05, 0.1) is 6.04 Å². The SMILES string of the molecule is CC1CCC(Nc2cc(Cl)cc(Cl)c2)c2ccccc21. The third-order valence-corrected chi connectivity index (χ3v) is 4.43. The van der Waals surface area contributed by atoms with Gasteiger partial charge in [-0.25, -0.2) is 0 Å². The molecule has 0 aromatic heterocycles. The average Bonchev–Trinajstić information content (AvgIpc) is 2.41. The highest BCUT2D eigenvalue weighted by atomic mass is 35.5. The van der Waals surface area contributed by atoms with Gasteiger partial charge in [-0.05, 0) is 48.1 Å².